The highest BCUT2D eigenvalue weighted by molar-refractivity contribution is 7.84. The molecule has 2 aliphatic carbocycles. The Kier molecular flexibility index (Phi) is 3.49. The quantitative estimate of drug-likeness (QED) is 0.793. The topological polar surface area (TPSA) is 20.3 Å². The fourth-order valence-corrected chi connectivity index (χ4v) is 4.83. The van der Waals surface area contributed by atoms with Crippen LogP contribution in [-0.4, -0.2) is 20.3 Å². The van der Waals surface area contributed by atoms with Crippen LogP contribution < -0.4 is 0 Å². The van der Waals surface area contributed by atoms with Gasteiger partial charge in [0.25, 0.3) is 0 Å². The summed E-state index contributed by atoms with van der Waals surface area (Å²) in [6, 6.07) is 3.96. The van der Waals surface area contributed by atoms with E-state index in [2.05, 4.69) is 0 Å². The molecule has 0 N–H and O–H groups in total. The summed E-state index contributed by atoms with van der Waals surface area (Å²) >= 11 is 0. The van der Waals surface area contributed by atoms with Crippen LogP contribution in [0.15, 0.2) is 18.2 Å². The lowest BCUT2D eigenvalue weighted by atomic mass is 10.00. The average Bonchev–Trinajstić information content (AvgIpc) is 3.10. The Morgan fingerprint density at radius 2 is 1.82 bits per heavy atom. The number of nitrogens with zero attached hydrogens (tertiary/aromatic N) is 1. The third-order valence-corrected chi connectivity index (χ3v) is 6.35. The summed E-state index contributed by atoms with van der Waals surface area (Å²) in [5, 5.41) is 0. The predicted octanol–water partition coefficient (Wildman–Crippen LogP) is 4.26. The normalized spacial score (nSPS) is 28.5. The van der Waals surface area contributed by atoms with Gasteiger partial charge in [-0.2, -0.15) is 13.2 Å². The number of hydrogen-bond acceptors (Lipinski definition) is 1. The molecule has 122 valence electrons. The third kappa shape index (κ3) is 2.50. The zero-order chi connectivity index (χ0) is 16.4. The molecule has 2 aliphatic rings. The summed E-state index contributed by atoms with van der Waals surface area (Å²) in [5.41, 5.74) is 1.12. The van der Waals surface area contributed by atoms with Gasteiger partial charge >= 0.3 is 6.18 Å². The van der Waals surface area contributed by atoms with Crippen molar-refractivity contribution in [3.63, 3.8) is 0 Å². The number of halogens is 3. The molecule has 3 unspecified atom stereocenters. The van der Waals surface area contributed by atoms with E-state index in [1.165, 1.54) is 6.07 Å². The summed E-state index contributed by atoms with van der Waals surface area (Å²) in [7, 11) is 0.629. The van der Waals surface area contributed by atoms with Crippen LogP contribution in [0, 0.1) is 5.92 Å². The highest BCUT2D eigenvalue weighted by atomic mass is 32.2. The molecule has 0 saturated heterocycles. The van der Waals surface area contributed by atoms with E-state index in [9.17, 15) is 17.4 Å². The summed E-state index contributed by atoms with van der Waals surface area (Å²) in [5.74, 6) is 0.497. The second-order valence-corrected chi connectivity index (χ2v) is 9.50. The van der Waals surface area contributed by atoms with E-state index in [4.69, 9.17) is 0 Å². The molecular formula is C16H20F3NOS. The molecule has 0 radical (unpaired) electrons. The van der Waals surface area contributed by atoms with Gasteiger partial charge in [-0.1, -0.05) is 6.07 Å². The van der Waals surface area contributed by atoms with Gasteiger partial charge < -0.3 is 0 Å². The highest BCUT2D eigenvalue weighted by Crippen LogP contribution is 2.64. The minimum Gasteiger partial charge on any atom is -0.242 e. The minimum atomic E-state index is -4.31. The van der Waals surface area contributed by atoms with Crippen molar-refractivity contribution in [2.45, 2.75) is 50.1 Å². The third-order valence-electron chi connectivity index (χ3n) is 4.55. The second-order valence-electron chi connectivity index (χ2n) is 7.20. The van der Waals surface area contributed by atoms with Crippen molar-refractivity contribution in [2.75, 3.05) is 7.05 Å². The minimum absolute atomic E-state index is 0.0395. The molecule has 0 heterocycles. The fraction of sp³-hybridized carbons (Fsp3) is 0.625. The first-order valence-corrected chi connectivity index (χ1v) is 8.48. The summed E-state index contributed by atoms with van der Waals surface area (Å²) in [4.78, 5) is 0. The van der Waals surface area contributed by atoms with Crippen molar-refractivity contribution in [3.05, 3.63) is 34.9 Å². The molecule has 6 heteroatoms. The van der Waals surface area contributed by atoms with Crippen LogP contribution in [-0.2, 0) is 17.2 Å². The maximum absolute atomic E-state index is 12.9. The van der Waals surface area contributed by atoms with Crippen molar-refractivity contribution in [3.8, 4) is 0 Å². The summed E-state index contributed by atoms with van der Waals surface area (Å²) in [6.07, 6.45) is -3.41. The monoisotopic (exact) mass is 331 g/mol. The molecule has 3 rings (SSSR count). The van der Waals surface area contributed by atoms with E-state index < -0.39 is 22.7 Å². The molecular weight excluding hydrogens is 311 g/mol. The van der Waals surface area contributed by atoms with Crippen molar-refractivity contribution in [2.24, 2.45) is 5.92 Å². The van der Waals surface area contributed by atoms with E-state index in [0.29, 0.717) is 5.92 Å². The predicted molar refractivity (Wildman–Crippen MR) is 80.7 cm³/mol. The number of benzene rings is 1. The van der Waals surface area contributed by atoms with Gasteiger partial charge in [0, 0.05) is 7.05 Å². The van der Waals surface area contributed by atoms with Gasteiger partial charge in [-0.15, -0.1) is 0 Å². The van der Waals surface area contributed by atoms with Crippen LogP contribution in [0.1, 0.15) is 55.8 Å². The molecule has 1 aromatic rings. The van der Waals surface area contributed by atoms with E-state index in [1.54, 1.807) is 6.07 Å². The van der Waals surface area contributed by atoms with Crippen molar-refractivity contribution in [1.82, 2.24) is 4.31 Å². The van der Waals surface area contributed by atoms with Gasteiger partial charge in [-0.3, -0.25) is 0 Å². The standard InChI is InChI=1S/C16H20F3NOS/c1-15(2,3)22(21)20(4)14-10-6-5-9(16(17,18)19)7-11(10)12-8-13(12)14/h5-7,12-14H,8H2,1-4H3/t12?,13?,14-,22?/m1/s1. The van der Waals surface area contributed by atoms with Crippen LogP contribution in [0.25, 0.3) is 0 Å². The zero-order valence-electron chi connectivity index (χ0n) is 13.1. The van der Waals surface area contributed by atoms with Crippen LogP contribution >= 0.6 is 0 Å². The smallest absolute Gasteiger partial charge is 0.242 e. The lowest BCUT2D eigenvalue weighted by molar-refractivity contribution is -0.137. The van der Waals surface area contributed by atoms with Crippen molar-refractivity contribution in [1.29, 1.82) is 0 Å². The molecule has 1 fully saturated rings. The van der Waals surface area contributed by atoms with Crippen LogP contribution in [0.3, 0.4) is 0 Å². The fourth-order valence-electron chi connectivity index (χ4n) is 3.49. The maximum atomic E-state index is 12.9. The molecule has 22 heavy (non-hydrogen) atoms. The highest BCUT2D eigenvalue weighted by Gasteiger charge is 2.55. The number of rotatable bonds is 2. The first kappa shape index (κ1) is 16.0. The second kappa shape index (κ2) is 4.81. The average molecular weight is 331 g/mol. The van der Waals surface area contributed by atoms with Gasteiger partial charge in [-0.25, -0.2) is 8.51 Å². The lowest BCUT2D eigenvalue weighted by Crippen LogP contribution is -2.37. The number of fused-ring (bicyclic) bond motifs is 3. The van der Waals surface area contributed by atoms with E-state index in [0.717, 1.165) is 23.6 Å². The Balaban J connectivity index is 1.95. The Bertz CT molecular complexity index is 635. The van der Waals surface area contributed by atoms with Gasteiger partial charge in [0.2, 0.25) is 0 Å². The van der Waals surface area contributed by atoms with Gasteiger partial charge in [0.05, 0.1) is 16.4 Å². The Morgan fingerprint density at radius 1 is 1.18 bits per heavy atom. The number of hydrogen-bond donors (Lipinski definition) is 0. The van der Waals surface area contributed by atoms with Crippen LogP contribution in [0.5, 0.6) is 0 Å². The van der Waals surface area contributed by atoms with Gasteiger partial charge in [0.15, 0.2) is 0 Å². The Hall–Kier alpha value is -0.880. The molecule has 1 aromatic carbocycles. The van der Waals surface area contributed by atoms with Crippen molar-refractivity contribution >= 4 is 11.0 Å². The van der Waals surface area contributed by atoms with Crippen LogP contribution in [0.4, 0.5) is 13.2 Å². The van der Waals surface area contributed by atoms with E-state index >= 15 is 0 Å². The molecule has 4 atom stereocenters. The zero-order valence-corrected chi connectivity index (χ0v) is 13.9. The van der Waals surface area contributed by atoms with E-state index in [1.807, 2.05) is 32.1 Å². The first-order valence-electron chi connectivity index (χ1n) is 7.37. The van der Waals surface area contributed by atoms with Crippen LogP contribution in [0.2, 0.25) is 0 Å². The maximum Gasteiger partial charge on any atom is 0.416 e. The first-order chi connectivity index (χ1) is 10.0. The van der Waals surface area contributed by atoms with E-state index in [-0.39, 0.29) is 16.7 Å². The summed E-state index contributed by atoms with van der Waals surface area (Å²) in [6.45, 7) is 5.73. The lowest BCUT2D eigenvalue weighted by Gasteiger charge is -2.31. The molecule has 0 aliphatic heterocycles. The SMILES string of the molecule is CN([C@@H]1c2ccc(C(F)(F)F)cc2C2CC21)S(=O)C(C)(C)C. The molecule has 2 nitrogen and oxygen atoms in total. The Labute approximate surface area is 131 Å². The Morgan fingerprint density at radius 3 is 2.36 bits per heavy atom. The largest absolute Gasteiger partial charge is 0.416 e. The molecule has 0 bridgehead atoms. The van der Waals surface area contributed by atoms with Gasteiger partial charge in [0.1, 0.15) is 11.0 Å². The molecule has 0 amide bonds. The summed E-state index contributed by atoms with van der Waals surface area (Å²) < 4.78 is 52.7. The van der Waals surface area contributed by atoms with Crippen molar-refractivity contribution < 1.29 is 17.4 Å². The molecule has 0 spiro atoms. The van der Waals surface area contributed by atoms with Gasteiger partial charge in [-0.05, 0) is 62.3 Å². The molecule has 1 saturated carbocycles. The molecule has 0 aromatic heterocycles. The number of alkyl halides is 3.